The van der Waals surface area contributed by atoms with Gasteiger partial charge in [0.05, 0.1) is 0 Å². The Labute approximate surface area is 103 Å². The van der Waals surface area contributed by atoms with E-state index in [4.69, 9.17) is 4.74 Å². The maximum Gasteiger partial charge on any atom is 0.400 e. The average molecular weight is 276 g/mol. The van der Waals surface area contributed by atoms with Crippen molar-refractivity contribution < 1.29 is 30.7 Å². The van der Waals surface area contributed by atoms with Gasteiger partial charge in [0, 0.05) is 0 Å². The molecule has 2 rings (SSSR count). The molecule has 1 heterocycles. The van der Waals surface area contributed by atoms with Gasteiger partial charge in [0.15, 0.2) is 0 Å². The molecule has 1 atom stereocenters. The zero-order valence-electron chi connectivity index (χ0n) is 9.04. The van der Waals surface area contributed by atoms with Crippen LogP contribution in [0.3, 0.4) is 0 Å². The highest BCUT2D eigenvalue weighted by Crippen LogP contribution is 2.14. The Morgan fingerprint density at radius 3 is 2.61 bits per heavy atom. The fourth-order valence-electron chi connectivity index (χ4n) is 1.28. The summed E-state index contributed by atoms with van der Waals surface area (Å²) in [4.78, 5) is 11.4. The molecule has 1 saturated heterocycles. The quantitative estimate of drug-likeness (QED) is 0.749. The Morgan fingerprint density at radius 1 is 1.39 bits per heavy atom. The monoisotopic (exact) mass is 276 g/mol. The minimum absolute atomic E-state index is 0.0982. The van der Waals surface area contributed by atoms with Crippen LogP contribution in [-0.4, -0.2) is 27.1 Å². The summed E-state index contributed by atoms with van der Waals surface area (Å²) in [5, 5.41) is 0. The molecule has 6 nitrogen and oxygen atoms in total. The normalized spacial score (nSPS) is 21.7. The van der Waals surface area contributed by atoms with Crippen molar-refractivity contribution in [3.63, 3.8) is 0 Å². The van der Waals surface area contributed by atoms with Crippen LogP contribution in [-0.2, 0) is 34.9 Å². The molecule has 0 bridgehead atoms. The van der Waals surface area contributed by atoms with Crippen LogP contribution in [0.1, 0.15) is 5.56 Å². The van der Waals surface area contributed by atoms with Crippen molar-refractivity contribution in [1.29, 1.82) is 0 Å². The van der Waals surface area contributed by atoms with E-state index in [-0.39, 0.29) is 6.61 Å². The molecule has 1 fully saturated rings. The van der Waals surface area contributed by atoms with E-state index in [2.05, 4.69) is 8.37 Å². The maximum absolute atomic E-state index is 12.6. The molecule has 0 amide bonds. The maximum atomic E-state index is 12.6. The van der Waals surface area contributed by atoms with E-state index in [1.54, 1.807) is 0 Å². The first kappa shape index (κ1) is 12.9. The molecule has 1 aliphatic heterocycles. The van der Waals surface area contributed by atoms with Crippen molar-refractivity contribution in [3.8, 4) is 0 Å². The summed E-state index contributed by atoms with van der Waals surface area (Å²) < 4.78 is 47.5. The van der Waals surface area contributed by atoms with E-state index in [0.717, 1.165) is 0 Å². The van der Waals surface area contributed by atoms with E-state index in [9.17, 15) is 17.6 Å². The number of rotatable bonds is 3. The Balaban J connectivity index is 1.87. The van der Waals surface area contributed by atoms with E-state index >= 15 is 0 Å². The lowest BCUT2D eigenvalue weighted by molar-refractivity contribution is -0.152. The second-order valence-electron chi connectivity index (χ2n) is 3.51. The fourth-order valence-corrected chi connectivity index (χ4v) is 2.04. The third kappa shape index (κ3) is 3.25. The lowest BCUT2D eigenvalue weighted by Gasteiger charge is -2.07. The number of halogens is 1. The topological polar surface area (TPSA) is 78.9 Å². The highest BCUT2D eigenvalue weighted by molar-refractivity contribution is 7.82. The highest BCUT2D eigenvalue weighted by Gasteiger charge is 2.36. The zero-order valence-corrected chi connectivity index (χ0v) is 9.85. The Morgan fingerprint density at radius 2 is 2.06 bits per heavy atom. The van der Waals surface area contributed by atoms with Gasteiger partial charge >= 0.3 is 16.4 Å². The number of hydrogen-bond donors (Lipinski definition) is 0. The average Bonchev–Trinajstić information content (AvgIpc) is 2.69. The van der Waals surface area contributed by atoms with Crippen molar-refractivity contribution in [2.24, 2.45) is 0 Å². The molecule has 0 spiro atoms. The molecule has 98 valence electrons. The van der Waals surface area contributed by atoms with Crippen LogP contribution < -0.4 is 0 Å². The van der Waals surface area contributed by atoms with Gasteiger partial charge in [-0.15, -0.1) is 0 Å². The van der Waals surface area contributed by atoms with E-state index in [0.29, 0.717) is 5.56 Å². The summed E-state index contributed by atoms with van der Waals surface area (Å²) >= 11 is 0. The van der Waals surface area contributed by atoms with Gasteiger partial charge in [0.25, 0.3) is 0 Å². The van der Waals surface area contributed by atoms with Crippen molar-refractivity contribution in [3.05, 3.63) is 35.6 Å². The Kier molecular flexibility index (Phi) is 3.60. The van der Waals surface area contributed by atoms with Crippen molar-refractivity contribution in [2.45, 2.75) is 12.7 Å². The van der Waals surface area contributed by atoms with Crippen LogP contribution in [0.25, 0.3) is 0 Å². The second kappa shape index (κ2) is 5.01. The first-order valence-electron chi connectivity index (χ1n) is 4.95. The van der Waals surface area contributed by atoms with Gasteiger partial charge in [0.1, 0.15) is 19.0 Å². The molecular formula is C10H9FO6S. The van der Waals surface area contributed by atoms with Gasteiger partial charge < -0.3 is 4.74 Å². The van der Waals surface area contributed by atoms with Crippen LogP contribution in [0.15, 0.2) is 24.3 Å². The summed E-state index contributed by atoms with van der Waals surface area (Å²) in [6, 6.07) is 5.35. The van der Waals surface area contributed by atoms with Crippen molar-refractivity contribution in [1.82, 2.24) is 0 Å². The minimum atomic E-state index is -4.08. The van der Waals surface area contributed by atoms with Crippen LogP contribution in [0.5, 0.6) is 0 Å². The number of esters is 1. The predicted molar refractivity (Wildman–Crippen MR) is 55.9 cm³/mol. The summed E-state index contributed by atoms with van der Waals surface area (Å²) in [5.41, 5.74) is 0.575. The van der Waals surface area contributed by atoms with E-state index < -0.39 is 34.9 Å². The first-order valence-corrected chi connectivity index (χ1v) is 6.28. The zero-order chi connectivity index (χ0) is 13.2. The highest BCUT2D eigenvalue weighted by atomic mass is 32.3. The molecule has 0 radical (unpaired) electrons. The molecule has 1 aliphatic rings. The number of carbonyl (C=O) groups is 1. The first-order chi connectivity index (χ1) is 8.46. The number of ether oxygens (including phenoxy) is 1. The molecule has 1 unspecified atom stereocenters. The number of carbonyl (C=O) groups excluding carboxylic acids is 1. The molecular weight excluding hydrogens is 267 g/mol. The van der Waals surface area contributed by atoms with Crippen LogP contribution in [0.2, 0.25) is 0 Å². The standard InChI is InChI=1S/C10H9FO6S/c11-8-3-1-7(2-4-8)5-15-10(12)9-6-16-18(13,14)17-9/h1-4,9H,5-6H2. The van der Waals surface area contributed by atoms with Crippen molar-refractivity contribution >= 4 is 16.4 Å². The van der Waals surface area contributed by atoms with Gasteiger partial charge in [-0.2, -0.15) is 8.42 Å². The lowest BCUT2D eigenvalue weighted by Crippen LogP contribution is -2.25. The van der Waals surface area contributed by atoms with E-state index in [1.165, 1.54) is 24.3 Å². The fraction of sp³-hybridized carbons (Fsp3) is 0.300. The largest absolute Gasteiger partial charge is 0.459 e. The van der Waals surface area contributed by atoms with Gasteiger partial charge in [-0.3, -0.25) is 0 Å². The van der Waals surface area contributed by atoms with Gasteiger partial charge in [-0.05, 0) is 17.7 Å². The minimum Gasteiger partial charge on any atom is -0.459 e. The van der Waals surface area contributed by atoms with Crippen LogP contribution in [0.4, 0.5) is 4.39 Å². The van der Waals surface area contributed by atoms with Crippen molar-refractivity contribution in [2.75, 3.05) is 6.61 Å². The molecule has 1 aromatic rings. The Bertz CT molecular complexity index is 538. The van der Waals surface area contributed by atoms with Gasteiger partial charge in [-0.1, -0.05) is 12.1 Å². The van der Waals surface area contributed by atoms with Gasteiger partial charge in [0.2, 0.25) is 6.10 Å². The lowest BCUT2D eigenvalue weighted by atomic mass is 10.2. The third-order valence-electron chi connectivity index (χ3n) is 2.16. The second-order valence-corrected chi connectivity index (χ2v) is 4.76. The molecule has 0 aliphatic carbocycles. The van der Waals surface area contributed by atoms with Gasteiger partial charge in [-0.25, -0.2) is 17.6 Å². The summed E-state index contributed by atoms with van der Waals surface area (Å²) in [6.45, 7) is -0.496. The van der Waals surface area contributed by atoms with Crippen LogP contribution >= 0.6 is 0 Å². The van der Waals surface area contributed by atoms with Crippen LogP contribution in [0, 0.1) is 5.82 Å². The predicted octanol–water partition coefficient (Wildman–Crippen LogP) is 0.529. The smallest absolute Gasteiger partial charge is 0.400 e. The number of benzene rings is 1. The Hall–Kier alpha value is -1.51. The molecule has 18 heavy (non-hydrogen) atoms. The molecule has 0 aromatic heterocycles. The SMILES string of the molecule is O=C(OCc1ccc(F)cc1)C1COS(=O)(=O)O1. The molecule has 1 aromatic carbocycles. The number of hydrogen-bond acceptors (Lipinski definition) is 6. The molecule has 0 N–H and O–H groups in total. The molecule has 8 heteroatoms. The summed E-state index contributed by atoms with van der Waals surface area (Å²) in [5.74, 6) is -1.25. The summed E-state index contributed by atoms with van der Waals surface area (Å²) in [6.07, 6.45) is -1.28. The third-order valence-corrected chi connectivity index (χ3v) is 3.05. The summed E-state index contributed by atoms with van der Waals surface area (Å²) in [7, 11) is -4.08. The molecule has 0 saturated carbocycles. The van der Waals surface area contributed by atoms with E-state index in [1.807, 2.05) is 0 Å².